The molecule has 6 heteroatoms. The van der Waals surface area contributed by atoms with Crippen LogP contribution in [0, 0.1) is 0 Å². The Bertz CT molecular complexity index is 696. The van der Waals surface area contributed by atoms with Gasteiger partial charge in [-0.1, -0.05) is 18.2 Å². The third-order valence-corrected chi connectivity index (χ3v) is 2.98. The summed E-state index contributed by atoms with van der Waals surface area (Å²) in [5, 5.41) is 9.05. The maximum atomic E-state index is 12.7. The number of hydrogen-bond acceptors (Lipinski definition) is 3. The third kappa shape index (κ3) is 3.46. The summed E-state index contributed by atoms with van der Waals surface area (Å²) in [5.74, 6) is -2.33. The summed E-state index contributed by atoms with van der Waals surface area (Å²) in [5.41, 5.74) is 0.493. The number of halogens is 2. The maximum absolute atomic E-state index is 12.7. The predicted molar refractivity (Wildman–Crippen MR) is 74.4 cm³/mol. The average Bonchev–Trinajstić information content (AvgIpc) is 2.54. The van der Waals surface area contributed by atoms with Crippen molar-refractivity contribution < 1.29 is 28.2 Å². The number of carbonyl (C=O) groups excluding carboxylic acids is 1. The number of carbonyl (C=O) groups is 2. The second-order valence-electron chi connectivity index (χ2n) is 4.49. The van der Waals surface area contributed by atoms with Gasteiger partial charge in [0.2, 0.25) is 0 Å². The number of alkyl halides is 2. The number of ether oxygens (including phenoxy) is 1. The average molecular weight is 306 g/mol. The monoisotopic (exact) mass is 306 g/mol. The normalized spacial score (nSPS) is 10.3. The van der Waals surface area contributed by atoms with Crippen LogP contribution in [0.5, 0.6) is 5.75 Å². The van der Waals surface area contributed by atoms with E-state index in [-0.39, 0.29) is 22.4 Å². The van der Waals surface area contributed by atoms with Crippen molar-refractivity contribution in [3.05, 3.63) is 64.7 Å². The second kappa shape index (κ2) is 6.80. The lowest BCUT2D eigenvalue weighted by molar-refractivity contribution is 0.0681. The Kier molecular flexibility index (Phi) is 4.83. The molecule has 0 fully saturated rings. The van der Waals surface area contributed by atoms with Crippen LogP contribution in [0.15, 0.2) is 42.5 Å². The number of esters is 1. The molecule has 0 spiro atoms. The molecule has 0 aliphatic rings. The summed E-state index contributed by atoms with van der Waals surface area (Å²) < 4.78 is 30.1. The molecule has 1 N–H and O–H groups in total. The summed E-state index contributed by atoms with van der Waals surface area (Å²) in [6.45, 7) is -1.47. The van der Waals surface area contributed by atoms with Gasteiger partial charge in [-0.2, -0.15) is 0 Å². The van der Waals surface area contributed by atoms with Crippen molar-refractivity contribution in [2.75, 3.05) is 0 Å². The largest absolute Gasteiger partial charge is 0.478 e. The fourth-order valence-electron chi connectivity index (χ4n) is 1.80. The van der Waals surface area contributed by atoms with Crippen LogP contribution in [-0.4, -0.2) is 17.0 Å². The lowest BCUT2D eigenvalue weighted by Crippen LogP contribution is -2.12. The van der Waals surface area contributed by atoms with Crippen LogP contribution in [-0.2, 0) is 13.3 Å². The van der Waals surface area contributed by atoms with E-state index >= 15 is 0 Å². The summed E-state index contributed by atoms with van der Waals surface area (Å²) in [7, 11) is 0. The van der Waals surface area contributed by atoms with Crippen molar-refractivity contribution >= 4 is 11.9 Å². The van der Waals surface area contributed by atoms with Gasteiger partial charge < -0.3 is 9.84 Å². The first-order valence-corrected chi connectivity index (χ1v) is 6.34. The van der Waals surface area contributed by atoms with E-state index in [0.717, 1.165) is 6.07 Å². The lowest BCUT2D eigenvalue weighted by Gasteiger charge is -2.09. The molecule has 0 aliphatic carbocycles. The Labute approximate surface area is 125 Å². The first kappa shape index (κ1) is 15.6. The minimum absolute atomic E-state index is 0.138. The van der Waals surface area contributed by atoms with Gasteiger partial charge in [0.05, 0.1) is 5.56 Å². The van der Waals surface area contributed by atoms with Crippen molar-refractivity contribution in [1.82, 2.24) is 0 Å². The molecule has 0 aliphatic heterocycles. The Morgan fingerprint density at radius 1 is 0.955 bits per heavy atom. The Balaban J connectivity index is 2.28. The van der Waals surface area contributed by atoms with E-state index in [0.29, 0.717) is 5.56 Å². The zero-order chi connectivity index (χ0) is 16.1. The van der Waals surface area contributed by atoms with Gasteiger partial charge in [-0.3, -0.25) is 0 Å². The molecule has 0 unspecified atom stereocenters. The molecular weight excluding hydrogens is 294 g/mol. The van der Waals surface area contributed by atoms with Gasteiger partial charge in [-0.25, -0.2) is 18.4 Å². The zero-order valence-electron chi connectivity index (χ0n) is 11.4. The summed E-state index contributed by atoms with van der Waals surface area (Å²) in [6, 6.07) is 9.23. The fourth-order valence-corrected chi connectivity index (χ4v) is 1.80. The van der Waals surface area contributed by atoms with Crippen LogP contribution in [0.2, 0.25) is 0 Å². The molecule has 0 atom stereocenters. The molecule has 0 bridgehead atoms. The van der Waals surface area contributed by atoms with Gasteiger partial charge in [-0.15, -0.1) is 0 Å². The summed E-state index contributed by atoms with van der Waals surface area (Å²) >= 11 is 0. The molecule has 0 saturated carbocycles. The lowest BCUT2D eigenvalue weighted by atomic mass is 10.1. The van der Waals surface area contributed by atoms with Crippen molar-refractivity contribution in [2.45, 2.75) is 13.3 Å². The van der Waals surface area contributed by atoms with Gasteiger partial charge in [0, 0.05) is 0 Å². The van der Waals surface area contributed by atoms with E-state index in [2.05, 4.69) is 0 Å². The highest BCUT2D eigenvalue weighted by Gasteiger charge is 2.16. The van der Waals surface area contributed by atoms with Crippen LogP contribution in [0.3, 0.4) is 0 Å². The Morgan fingerprint density at radius 2 is 1.55 bits per heavy atom. The van der Waals surface area contributed by atoms with Gasteiger partial charge in [-0.05, 0) is 35.4 Å². The first-order chi connectivity index (χ1) is 10.5. The number of hydrogen-bond donors (Lipinski definition) is 1. The van der Waals surface area contributed by atoms with E-state index in [1.165, 1.54) is 36.4 Å². The van der Waals surface area contributed by atoms with Gasteiger partial charge in [0.25, 0.3) is 0 Å². The van der Waals surface area contributed by atoms with Crippen LogP contribution in [0.1, 0.15) is 31.8 Å². The zero-order valence-corrected chi connectivity index (χ0v) is 11.4. The Morgan fingerprint density at radius 3 is 2.09 bits per heavy atom. The smallest absolute Gasteiger partial charge is 0.343 e. The first-order valence-electron chi connectivity index (χ1n) is 6.34. The van der Waals surface area contributed by atoms with Crippen LogP contribution < -0.4 is 4.74 Å². The second-order valence-corrected chi connectivity index (χ2v) is 4.49. The van der Waals surface area contributed by atoms with Crippen molar-refractivity contribution in [3.63, 3.8) is 0 Å². The molecule has 0 radical (unpaired) electrons. The van der Waals surface area contributed by atoms with Crippen LogP contribution in [0.4, 0.5) is 8.78 Å². The molecule has 2 aromatic rings. The number of carboxylic acids is 1. The highest BCUT2D eigenvalue weighted by Crippen LogP contribution is 2.22. The molecule has 2 rings (SSSR count). The number of benzene rings is 2. The van der Waals surface area contributed by atoms with E-state index in [1.54, 1.807) is 0 Å². The topological polar surface area (TPSA) is 63.6 Å². The SMILES string of the molecule is O=C(Oc1cc(CF)ccc1C(=O)O)c1ccc(CF)cc1. The van der Waals surface area contributed by atoms with Crippen molar-refractivity contribution in [2.24, 2.45) is 0 Å². The highest BCUT2D eigenvalue weighted by molar-refractivity contribution is 5.95. The maximum Gasteiger partial charge on any atom is 0.343 e. The molecule has 0 saturated heterocycles. The molecule has 4 nitrogen and oxygen atoms in total. The minimum Gasteiger partial charge on any atom is -0.478 e. The quantitative estimate of drug-likeness (QED) is 0.678. The van der Waals surface area contributed by atoms with E-state index in [9.17, 15) is 18.4 Å². The van der Waals surface area contributed by atoms with Crippen molar-refractivity contribution in [1.29, 1.82) is 0 Å². The molecule has 0 heterocycles. The predicted octanol–water partition coefficient (Wildman–Crippen LogP) is 3.54. The number of rotatable bonds is 5. The third-order valence-electron chi connectivity index (χ3n) is 2.98. The van der Waals surface area contributed by atoms with Gasteiger partial charge in [0.1, 0.15) is 24.7 Å². The molecule has 0 aromatic heterocycles. The standard InChI is InChI=1S/C16H12F2O4/c17-8-10-1-4-12(5-2-10)16(21)22-14-7-11(9-18)3-6-13(14)15(19)20/h1-7H,8-9H2,(H,19,20). The summed E-state index contributed by atoms with van der Waals surface area (Å²) in [4.78, 5) is 23.1. The summed E-state index contributed by atoms with van der Waals surface area (Å²) in [6.07, 6.45) is 0. The fraction of sp³-hybridized carbons (Fsp3) is 0.125. The molecule has 0 amide bonds. The van der Waals surface area contributed by atoms with Crippen molar-refractivity contribution in [3.8, 4) is 5.75 Å². The van der Waals surface area contributed by atoms with E-state index in [4.69, 9.17) is 9.84 Å². The van der Waals surface area contributed by atoms with Crippen LogP contribution in [0.25, 0.3) is 0 Å². The minimum atomic E-state index is -1.29. The molecule has 114 valence electrons. The highest BCUT2D eigenvalue weighted by atomic mass is 19.1. The Hall–Kier alpha value is -2.76. The number of aromatic carboxylic acids is 1. The number of carboxylic acid groups (broad SMARTS) is 1. The van der Waals surface area contributed by atoms with Gasteiger partial charge >= 0.3 is 11.9 Å². The van der Waals surface area contributed by atoms with Crippen LogP contribution >= 0.6 is 0 Å². The van der Waals surface area contributed by atoms with E-state index in [1.807, 2.05) is 0 Å². The molecule has 2 aromatic carbocycles. The van der Waals surface area contributed by atoms with E-state index < -0.39 is 25.3 Å². The van der Waals surface area contributed by atoms with Gasteiger partial charge in [0.15, 0.2) is 0 Å². The molecular formula is C16H12F2O4. The molecule has 22 heavy (non-hydrogen) atoms.